The van der Waals surface area contributed by atoms with Crippen molar-refractivity contribution in [1.29, 1.82) is 0 Å². The van der Waals surface area contributed by atoms with Crippen LogP contribution in [-0.2, 0) is 4.79 Å². The van der Waals surface area contributed by atoms with Crippen LogP contribution in [0.25, 0.3) is 0 Å². The molecule has 3 amide bonds. The van der Waals surface area contributed by atoms with Crippen molar-refractivity contribution in [3.05, 3.63) is 29.8 Å². The fraction of sp³-hybridized carbons (Fsp3) is 0.308. The molecule has 0 unspecified atom stereocenters. The van der Waals surface area contributed by atoms with E-state index in [1.807, 2.05) is 0 Å². The van der Waals surface area contributed by atoms with Gasteiger partial charge in [0.1, 0.15) is 0 Å². The molecule has 1 saturated carbocycles. The van der Waals surface area contributed by atoms with Gasteiger partial charge in [0.25, 0.3) is 0 Å². The number of nitrogens with two attached hydrogens (primary N) is 1. The number of carbonyl (C=O) groups is 3. The Morgan fingerprint density at radius 2 is 1.80 bits per heavy atom. The monoisotopic (exact) mass is 277 g/mol. The van der Waals surface area contributed by atoms with Crippen molar-refractivity contribution < 1.29 is 19.5 Å². The lowest BCUT2D eigenvalue weighted by molar-refractivity contribution is -0.143. The molecule has 0 aliphatic heterocycles. The van der Waals surface area contributed by atoms with E-state index in [-0.39, 0.29) is 6.54 Å². The molecule has 0 bridgehead atoms. The second kappa shape index (κ2) is 5.20. The molecule has 0 spiro atoms. The summed E-state index contributed by atoms with van der Waals surface area (Å²) in [4.78, 5) is 33.4. The molecule has 106 valence electrons. The van der Waals surface area contributed by atoms with Crippen molar-refractivity contribution in [1.82, 2.24) is 5.32 Å². The number of aliphatic carboxylic acids is 1. The van der Waals surface area contributed by atoms with Crippen molar-refractivity contribution >= 4 is 23.6 Å². The van der Waals surface area contributed by atoms with Crippen LogP contribution in [0.5, 0.6) is 0 Å². The van der Waals surface area contributed by atoms with E-state index in [1.165, 1.54) is 12.1 Å². The molecule has 7 nitrogen and oxygen atoms in total. The molecular weight excluding hydrogens is 262 g/mol. The van der Waals surface area contributed by atoms with Gasteiger partial charge in [-0.25, -0.2) is 4.79 Å². The number of hydrogen-bond acceptors (Lipinski definition) is 3. The maximum absolute atomic E-state index is 11.6. The standard InChI is InChI=1S/C13H15N3O4/c14-10(17)8-1-3-9(4-2-8)16-12(20)15-7-13(5-6-13)11(18)19/h1-4H,5-7H2,(H2,14,17)(H,18,19)(H2,15,16,20). The van der Waals surface area contributed by atoms with Crippen LogP contribution in [0, 0.1) is 5.41 Å². The summed E-state index contributed by atoms with van der Waals surface area (Å²) in [6.45, 7) is 0.105. The minimum atomic E-state index is -0.886. The first-order valence-electron chi connectivity index (χ1n) is 6.11. The molecule has 1 aliphatic rings. The molecule has 1 fully saturated rings. The van der Waals surface area contributed by atoms with Crippen molar-refractivity contribution in [3.63, 3.8) is 0 Å². The van der Waals surface area contributed by atoms with E-state index in [4.69, 9.17) is 10.8 Å². The highest BCUT2D eigenvalue weighted by Gasteiger charge is 2.50. The van der Waals surface area contributed by atoms with Gasteiger partial charge in [0, 0.05) is 17.8 Å². The summed E-state index contributed by atoms with van der Waals surface area (Å²) in [6, 6.07) is 5.60. The number of benzene rings is 1. The van der Waals surface area contributed by atoms with Crippen LogP contribution in [0.1, 0.15) is 23.2 Å². The van der Waals surface area contributed by atoms with Crippen molar-refractivity contribution in [2.45, 2.75) is 12.8 Å². The number of carboxylic acid groups (broad SMARTS) is 1. The first-order chi connectivity index (χ1) is 9.43. The van der Waals surface area contributed by atoms with Gasteiger partial charge in [-0.2, -0.15) is 0 Å². The van der Waals surface area contributed by atoms with Gasteiger partial charge in [-0.3, -0.25) is 9.59 Å². The summed E-state index contributed by atoms with van der Waals surface area (Å²) < 4.78 is 0. The molecule has 5 N–H and O–H groups in total. The molecular formula is C13H15N3O4. The highest BCUT2D eigenvalue weighted by Crippen LogP contribution is 2.45. The predicted molar refractivity (Wildman–Crippen MR) is 71.3 cm³/mol. The number of carbonyl (C=O) groups excluding carboxylic acids is 2. The van der Waals surface area contributed by atoms with Gasteiger partial charge in [-0.15, -0.1) is 0 Å². The van der Waals surface area contributed by atoms with Gasteiger partial charge in [0.15, 0.2) is 0 Å². The van der Waals surface area contributed by atoms with Crippen LogP contribution in [0.4, 0.5) is 10.5 Å². The summed E-state index contributed by atoms with van der Waals surface area (Å²) in [5, 5.41) is 14.1. The number of hydrogen-bond donors (Lipinski definition) is 4. The highest BCUT2D eigenvalue weighted by atomic mass is 16.4. The van der Waals surface area contributed by atoms with E-state index >= 15 is 0 Å². The van der Waals surface area contributed by atoms with E-state index in [0.29, 0.717) is 24.1 Å². The van der Waals surface area contributed by atoms with E-state index < -0.39 is 23.3 Å². The predicted octanol–water partition coefficient (Wildman–Crippen LogP) is 0.772. The molecule has 1 aromatic carbocycles. The van der Waals surface area contributed by atoms with E-state index in [1.54, 1.807) is 12.1 Å². The fourth-order valence-corrected chi connectivity index (χ4v) is 1.76. The van der Waals surface area contributed by atoms with Gasteiger partial charge in [0.05, 0.1) is 5.41 Å². The molecule has 7 heteroatoms. The van der Waals surface area contributed by atoms with Crippen molar-refractivity contribution in [3.8, 4) is 0 Å². The Morgan fingerprint density at radius 3 is 2.25 bits per heavy atom. The number of carboxylic acids is 1. The van der Waals surface area contributed by atoms with Crippen LogP contribution in [0.2, 0.25) is 0 Å². The smallest absolute Gasteiger partial charge is 0.319 e. The third-order valence-corrected chi connectivity index (χ3v) is 3.32. The fourth-order valence-electron chi connectivity index (χ4n) is 1.76. The third kappa shape index (κ3) is 3.05. The van der Waals surface area contributed by atoms with Crippen molar-refractivity contribution in [2.75, 3.05) is 11.9 Å². The largest absolute Gasteiger partial charge is 0.481 e. The molecule has 20 heavy (non-hydrogen) atoms. The second-order valence-electron chi connectivity index (χ2n) is 4.83. The van der Waals surface area contributed by atoms with E-state index in [2.05, 4.69) is 10.6 Å². The Balaban J connectivity index is 1.85. The first kappa shape index (κ1) is 13.9. The molecule has 2 rings (SSSR count). The van der Waals surface area contributed by atoms with E-state index in [0.717, 1.165) is 0 Å². The summed E-state index contributed by atoms with van der Waals surface area (Å²) in [5.41, 5.74) is 5.14. The maximum Gasteiger partial charge on any atom is 0.319 e. The number of amides is 3. The minimum Gasteiger partial charge on any atom is -0.481 e. The van der Waals surface area contributed by atoms with Gasteiger partial charge in [-0.05, 0) is 37.1 Å². The van der Waals surface area contributed by atoms with Gasteiger partial charge in [-0.1, -0.05) is 0 Å². The number of nitrogens with one attached hydrogen (secondary N) is 2. The normalized spacial score (nSPS) is 15.2. The summed E-state index contributed by atoms with van der Waals surface area (Å²) in [7, 11) is 0. The molecule has 0 saturated heterocycles. The summed E-state index contributed by atoms with van der Waals surface area (Å²) in [6.07, 6.45) is 1.16. The van der Waals surface area contributed by atoms with Crippen LogP contribution in [-0.4, -0.2) is 29.6 Å². The quantitative estimate of drug-likeness (QED) is 0.635. The molecule has 0 aromatic heterocycles. The van der Waals surface area contributed by atoms with Gasteiger partial charge in [0.2, 0.25) is 5.91 Å². The molecule has 0 atom stereocenters. The number of primary amides is 1. The number of rotatable bonds is 5. The highest BCUT2D eigenvalue weighted by molar-refractivity contribution is 5.94. The average Bonchev–Trinajstić information content (AvgIpc) is 3.18. The zero-order chi connectivity index (χ0) is 14.8. The van der Waals surface area contributed by atoms with Crippen LogP contribution in [0.15, 0.2) is 24.3 Å². The van der Waals surface area contributed by atoms with Crippen LogP contribution >= 0.6 is 0 Å². The zero-order valence-electron chi connectivity index (χ0n) is 10.7. The van der Waals surface area contributed by atoms with Crippen LogP contribution < -0.4 is 16.4 Å². The average molecular weight is 277 g/mol. The summed E-state index contributed by atoms with van der Waals surface area (Å²) >= 11 is 0. The first-order valence-corrected chi connectivity index (χ1v) is 6.11. The lowest BCUT2D eigenvalue weighted by atomic mass is 10.1. The number of anilines is 1. The maximum atomic E-state index is 11.6. The Labute approximate surface area is 115 Å². The topological polar surface area (TPSA) is 122 Å². The third-order valence-electron chi connectivity index (χ3n) is 3.32. The zero-order valence-corrected chi connectivity index (χ0v) is 10.7. The minimum absolute atomic E-state index is 0.105. The van der Waals surface area contributed by atoms with Gasteiger partial charge >= 0.3 is 12.0 Å². The Morgan fingerprint density at radius 1 is 1.20 bits per heavy atom. The lowest BCUT2D eigenvalue weighted by Gasteiger charge is -2.12. The Kier molecular flexibility index (Phi) is 3.60. The Bertz CT molecular complexity index is 549. The molecule has 1 aromatic rings. The number of urea groups is 1. The molecule has 0 radical (unpaired) electrons. The van der Waals surface area contributed by atoms with Gasteiger partial charge < -0.3 is 21.5 Å². The van der Waals surface area contributed by atoms with Crippen molar-refractivity contribution in [2.24, 2.45) is 11.1 Å². The molecule has 0 heterocycles. The second-order valence-corrected chi connectivity index (χ2v) is 4.83. The van der Waals surface area contributed by atoms with Crippen LogP contribution in [0.3, 0.4) is 0 Å². The molecule has 1 aliphatic carbocycles. The Hall–Kier alpha value is -2.57. The lowest BCUT2D eigenvalue weighted by Crippen LogP contribution is -2.36. The SMILES string of the molecule is NC(=O)c1ccc(NC(=O)NCC2(C(=O)O)CC2)cc1. The summed E-state index contributed by atoms with van der Waals surface area (Å²) in [5.74, 6) is -1.43. The van der Waals surface area contributed by atoms with E-state index in [9.17, 15) is 14.4 Å².